The summed E-state index contributed by atoms with van der Waals surface area (Å²) in [4.78, 5) is 15.9. The number of rotatable bonds is 8. The molecular formula is C18H24FIN4O3. The first kappa shape index (κ1) is 22.7. The van der Waals surface area contributed by atoms with E-state index in [4.69, 9.17) is 9.15 Å². The average Bonchev–Trinajstić information content (AvgIpc) is 3.13. The van der Waals surface area contributed by atoms with Gasteiger partial charge in [-0.3, -0.25) is 9.79 Å². The molecule has 1 amide bonds. The lowest BCUT2D eigenvalue weighted by Gasteiger charge is -2.17. The van der Waals surface area contributed by atoms with Crippen molar-refractivity contribution in [1.82, 2.24) is 16.0 Å². The topological polar surface area (TPSA) is 87.9 Å². The highest BCUT2D eigenvalue weighted by Crippen LogP contribution is 2.13. The van der Waals surface area contributed by atoms with Crippen LogP contribution in [0.4, 0.5) is 4.39 Å². The van der Waals surface area contributed by atoms with Gasteiger partial charge in [-0.25, -0.2) is 4.39 Å². The molecule has 0 aliphatic rings. The molecule has 1 atom stereocenters. The third-order valence-electron chi connectivity index (χ3n) is 3.37. The molecule has 0 aliphatic carbocycles. The maximum Gasteiger partial charge on any atom is 0.239 e. The van der Waals surface area contributed by atoms with Gasteiger partial charge >= 0.3 is 0 Å². The number of carbonyl (C=O) groups excluding carboxylic acids is 1. The Morgan fingerprint density at radius 2 is 2.07 bits per heavy atom. The molecule has 0 fully saturated rings. The zero-order valence-corrected chi connectivity index (χ0v) is 17.5. The van der Waals surface area contributed by atoms with Crippen molar-refractivity contribution in [3.63, 3.8) is 0 Å². The molecule has 148 valence electrons. The Morgan fingerprint density at radius 3 is 2.74 bits per heavy atom. The van der Waals surface area contributed by atoms with E-state index in [-0.39, 0.29) is 48.3 Å². The zero-order chi connectivity index (χ0) is 18.8. The van der Waals surface area contributed by atoms with Crippen LogP contribution in [0.15, 0.2) is 52.1 Å². The maximum absolute atomic E-state index is 13.1. The van der Waals surface area contributed by atoms with Crippen LogP contribution in [-0.2, 0) is 11.3 Å². The van der Waals surface area contributed by atoms with Gasteiger partial charge < -0.3 is 25.1 Å². The number of hydrogen-bond donors (Lipinski definition) is 3. The number of halogens is 2. The van der Waals surface area contributed by atoms with E-state index < -0.39 is 0 Å². The summed E-state index contributed by atoms with van der Waals surface area (Å²) < 4.78 is 23.9. The highest BCUT2D eigenvalue weighted by molar-refractivity contribution is 14.0. The summed E-state index contributed by atoms with van der Waals surface area (Å²) in [5.41, 5.74) is 0. The van der Waals surface area contributed by atoms with Crippen LogP contribution in [0.1, 0.15) is 12.7 Å². The predicted octanol–water partition coefficient (Wildman–Crippen LogP) is 2.29. The van der Waals surface area contributed by atoms with Crippen LogP contribution in [-0.4, -0.2) is 38.1 Å². The van der Waals surface area contributed by atoms with Crippen molar-refractivity contribution in [3.8, 4) is 5.75 Å². The highest BCUT2D eigenvalue weighted by atomic mass is 127. The Morgan fingerprint density at radius 1 is 1.26 bits per heavy atom. The van der Waals surface area contributed by atoms with E-state index in [0.29, 0.717) is 30.6 Å². The molecule has 0 saturated carbocycles. The largest absolute Gasteiger partial charge is 0.489 e. The lowest BCUT2D eigenvalue weighted by molar-refractivity contribution is -0.120. The van der Waals surface area contributed by atoms with E-state index in [1.807, 2.05) is 6.92 Å². The third-order valence-corrected chi connectivity index (χ3v) is 3.37. The Labute approximate surface area is 174 Å². The van der Waals surface area contributed by atoms with E-state index in [1.165, 1.54) is 12.1 Å². The van der Waals surface area contributed by atoms with Crippen LogP contribution in [0.3, 0.4) is 0 Å². The molecule has 1 aromatic carbocycles. The average molecular weight is 490 g/mol. The van der Waals surface area contributed by atoms with Crippen molar-refractivity contribution in [2.24, 2.45) is 4.99 Å². The monoisotopic (exact) mass is 490 g/mol. The van der Waals surface area contributed by atoms with Crippen LogP contribution in [0.25, 0.3) is 0 Å². The minimum Gasteiger partial charge on any atom is -0.489 e. The van der Waals surface area contributed by atoms with E-state index in [2.05, 4.69) is 20.9 Å². The second-order valence-electron chi connectivity index (χ2n) is 5.55. The number of nitrogens with zero attached hydrogens (tertiary/aromatic N) is 1. The van der Waals surface area contributed by atoms with Gasteiger partial charge in [0.15, 0.2) is 5.96 Å². The second-order valence-corrected chi connectivity index (χ2v) is 5.55. The smallest absolute Gasteiger partial charge is 0.239 e. The number of benzene rings is 1. The summed E-state index contributed by atoms with van der Waals surface area (Å²) in [5, 5.41) is 8.69. The normalized spacial score (nSPS) is 11.9. The van der Waals surface area contributed by atoms with Crippen molar-refractivity contribution in [3.05, 3.63) is 54.2 Å². The van der Waals surface area contributed by atoms with E-state index in [1.54, 1.807) is 37.6 Å². The molecule has 9 heteroatoms. The summed E-state index contributed by atoms with van der Waals surface area (Å²) in [6.45, 7) is 2.68. The van der Waals surface area contributed by atoms with Crippen LogP contribution in [0.2, 0.25) is 0 Å². The Bertz CT molecular complexity index is 725. The van der Waals surface area contributed by atoms with Gasteiger partial charge in [-0.15, -0.1) is 24.0 Å². The first-order valence-electron chi connectivity index (χ1n) is 8.22. The van der Waals surface area contributed by atoms with Crippen molar-refractivity contribution in [1.29, 1.82) is 0 Å². The fraction of sp³-hybridized carbons (Fsp3) is 0.333. The Hall–Kier alpha value is -2.30. The molecule has 0 radical (unpaired) electrons. The Balaban J connectivity index is 0.00000364. The van der Waals surface area contributed by atoms with Gasteiger partial charge in [0, 0.05) is 13.1 Å². The lowest BCUT2D eigenvalue weighted by atomic mass is 10.3. The van der Waals surface area contributed by atoms with Gasteiger partial charge in [-0.05, 0) is 31.2 Å². The quantitative estimate of drug-likeness (QED) is 0.300. The molecule has 1 aromatic heterocycles. The lowest BCUT2D eigenvalue weighted by Crippen LogP contribution is -2.45. The number of nitrogens with one attached hydrogen (secondary N) is 3. The maximum atomic E-state index is 13.1. The fourth-order valence-corrected chi connectivity index (χ4v) is 2.10. The van der Waals surface area contributed by atoms with Gasteiger partial charge in [0.05, 0.1) is 25.9 Å². The molecule has 0 saturated heterocycles. The molecule has 0 aliphatic heterocycles. The number of guanidine groups is 1. The molecule has 0 spiro atoms. The summed E-state index contributed by atoms with van der Waals surface area (Å²) in [7, 11) is 1.61. The van der Waals surface area contributed by atoms with E-state index >= 15 is 0 Å². The number of aliphatic imine (C=N–C) groups is 1. The van der Waals surface area contributed by atoms with Crippen molar-refractivity contribution >= 4 is 35.8 Å². The molecule has 0 bridgehead atoms. The SMILES string of the molecule is CN=C(NCC(=O)NCc1ccco1)NCC(C)Oc1cccc(F)c1.I. The first-order valence-corrected chi connectivity index (χ1v) is 8.22. The number of furan rings is 1. The van der Waals surface area contributed by atoms with Gasteiger partial charge in [0.2, 0.25) is 5.91 Å². The van der Waals surface area contributed by atoms with Gasteiger partial charge in [0.1, 0.15) is 23.4 Å². The molecule has 2 aromatic rings. The van der Waals surface area contributed by atoms with Gasteiger partial charge in [-0.1, -0.05) is 6.07 Å². The number of ether oxygens (including phenoxy) is 1. The second kappa shape index (κ2) is 12.2. The minimum atomic E-state index is -0.347. The fourth-order valence-electron chi connectivity index (χ4n) is 2.10. The number of amides is 1. The van der Waals surface area contributed by atoms with E-state index in [9.17, 15) is 9.18 Å². The van der Waals surface area contributed by atoms with Crippen LogP contribution >= 0.6 is 24.0 Å². The molecular weight excluding hydrogens is 466 g/mol. The van der Waals surface area contributed by atoms with Crippen molar-refractivity contribution in [2.45, 2.75) is 19.6 Å². The van der Waals surface area contributed by atoms with Crippen molar-refractivity contribution < 1.29 is 18.3 Å². The van der Waals surface area contributed by atoms with Crippen molar-refractivity contribution in [2.75, 3.05) is 20.1 Å². The van der Waals surface area contributed by atoms with Crippen LogP contribution in [0.5, 0.6) is 5.75 Å². The summed E-state index contributed by atoms with van der Waals surface area (Å²) >= 11 is 0. The van der Waals surface area contributed by atoms with Gasteiger partial charge in [-0.2, -0.15) is 0 Å². The Kier molecular flexibility index (Phi) is 10.2. The minimum absolute atomic E-state index is 0. The molecule has 3 N–H and O–H groups in total. The molecule has 1 unspecified atom stereocenters. The standard InChI is InChI=1S/C18H23FN4O3.HI/c1-13(26-15-6-3-5-14(19)9-15)10-22-18(20-2)23-12-17(24)21-11-16-7-4-8-25-16;/h3-9,13H,10-12H2,1-2H3,(H,21,24)(H2,20,22,23);1H. The summed E-state index contributed by atoms with van der Waals surface area (Å²) in [6.07, 6.45) is 1.33. The molecule has 7 nitrogen and oxygen atoms in total. The first-order chi connectivity index (χ1) is 12.6. The molecule has 2 rings (SSSR count). The molecule has 1 heterocycles. The third kappa shape index (κ3) is 8.76. The number of hydrogen-bond acceptors (Lipinski definition) is 4. The zero-order valence-electron chi connectivity index (χ0n) is 15.2. The van der Waals surface area contributed by atoms with E-state index in [0.717, 1.165) is 0 Å². The predicted molar refractivity (Wildman–Crippen MR) is 112 cm³/mol. The molecule has 27 heavy (non-hydrogen) atoms. The van der Waals surface area contributed by atoms with Crippen LogP contribution in [0, 0.1) is 5.82 Å². The number of carbonyl (C=O) groups is 1. The van der Waals surface area contributed by atoms with Gasteiger partial charge in [0.25, 0.3) is 0 Å². The highest BCUT2D eigenvalue weighted by Gasteiger charge is 2.08. The summed E-state index contributed by atoms with van der Waals surface area (Å²) in [6, 6.07) is 9.51. The van der Waals surface area contributed by atoms with Crippen LogP contribution < -0.4 is 20.7 Å². The summed E-state index contributed by atoms with van der Waals surface area (Å²) in [5.74, 6) is 1.07.